The van der Waals surface area contributed by atoms with Crippen molar-refractivity contribution in [3.63, 3.8) is 0 Å². The standard InChI is InChI=1S/C17H16Cl2N4O2S/c1-22-16-9-20-4-2-15(16)21-17(22)11-3-5-23(10-11)26(24,25)14-7-12(18)6-13(19)8-14/h2,4,6-9,11H,3,5,10H2,1H3/t11-/m0/s1. The zero-order chi connectivity index (χ0) is 18.5. The van der Waals surface area contributed by atoms with E-state index >= 15 is 0 Å². The number of fused-ring (bicyclic) bond motifs is 1. The zero-order valence-electron chi connectivity index (χ0n) is 13.9. The van der Waals surface area contributed by atoms with Crippen molar-refractivity contribution in [3.8, 4) is 0 Å². The summed E-state index contributed by atoms with van der Waals surface area (Å²) >= 11 is 11.9. The first-order valence-corrected chi connectivity index (χ1v) is 10.3. The van der Waals surface area contributed by atoms with Crippen molar-refractivity contribution in [1.82, 2.24) is 18.8 Å². The van der Waals surface area contributed by atoms with E-state index < -0.39 is 10.0 Å². The Kier molecular flexibility index (Phi) is 4.43. The molecule has 0 N–H and O–H groups in total. The quantitative estimate of drug-likeness (QED) is 0.662. The van der Waals surface area contributed by atoms with E-state index in [0.29, 0.717) is 29.6 Å². The fraction of sp³-hybridized carbons (Fsp3) is 0.294. The molecule has 3 aromatic rings. The summed E-state index contributed by atoms with van der Waals surface area (Å²) in [7, 11) is -1.72. The normalized spacial score (nSPS) is 18.7. The number of imidazole rings is 1. The van der Waals surface area contributed by atoms with Gasteiger partial charge in [-0.05, 0) is 30.7 Å². The Balaban J connectivity index is 1.64. The topological polar surface area (TPSA) is 68.1 Å². The van der Waals surface area contributed by atoms with Crippen molar-refractivity contribution in [1.29, 1.82) is 0 Å². The largest absolute Gasteiger partial charge is 0.330 e. The van der Waals surface area contributed by atoms with E-state index in [-0.39, 0.29) is 10.8 Å². The summed E-state index contributed by atoms with van der Waals surface area (Å²) in [5, 5.41) is 0.601. The molecule has 0 bridgehead atoms. The predicted molar refractivity (Wildman–Crippen MR) is 101 cm³/mol. The van der Waals surface area contributed by atoms with Gasteiger partial charge < -0.3 is 4.57 Å². The van der Waals surface area contributed by atoms with Crippen molar-refractivity contribution >= 4 is 44.3 Å². The number of nitrogens with zero attached hydrogens (tertiary/aromatic N) is 4. The van der Waals surface area contributed by atoms with Crippen LogP contribution >= 0.6 is 23.2 Å². The van der Waals surface area contributed by atoms with E-state index in [1.807, 2.05) is 17.7 Å². The second-order valence-corrected chi connectivity index (χ2v) is 9.16. The molecule has 0 unspecified atom stereocenters. The molecule has 1 aliphatic heterocycles. The van der Waals surface area contributed by atoms with Gasteiger partial charge in [0, 0.05) is 42.3 Å². The van der Waals surface area contributed by atoms with Gasteiger partial charge in [-0.2, -0.15) is 4.31 Å². The average Bonchev–Trinajstić information content (AvgIpc) is 3.20. The van der Waals surface area contributed by atoms with Crippen molar-refractivity contribution in [2.24, 2.45) is 7.05 Å². The highest BCUT2D eigenvalue weighted by atomic mass is 35.5. The van der Waals surface area contributed by atoms with Gasteiger partial charge in [0.25, 0.3) is 0 Å². The van der Waals surface area contributed by atoms with Crippen molar-refractivity contribution in [2.45, 2.75) is 17.2 Å². The molecule has 1 fully saturated rings. The second kappa shape index (κ2) is 6.49. The molecule has 9 heteroatoms. The highest BCUT2D eigenvalue weighted by Crippen LogP contribution is 2.33. The maximum atomic E-state index is 12.9. The first kappa shape index (κ1) is 17.7. The summed E-state index contributed by atoms with van der Waals surface area (Å²) in [4.78, 5) is 8.92. The number of sulfonamides is 1. The van der Waals surface area contributed by atoms with Crippen molar-refractivity contribution < 1.29 is 8.42 Å². The van der Waals surface area contributed by atoms with E-state index in [0.717, 1.165) is 16.9 Å². The number of benzene rings is 1. The van der Waals surface area contributed by atoms with Crippen LogP contribution in [0.4, 0.5) is 0 Å². The molecule has 3 heterocycles. The van der Waals surface area contributed by atoms with Crippen molar-refractivity contribution in [2.75, 3.05) is 13.1 Å². The molecule has 6 nitrogen and oxygen atoms in total. The smallest absolute Gasteiger partial charge is 0.243 e. The maximum Gasteiger partial charge on any atom is 0.243 e. The van der Waals surface area contributed by atoms with E-state index in [1.165, 1.54) is 22.5 Å². The van der Waals surface area contributed by atoms with Gasteiger partial charge in [0.2, 0.25) is 10.0 Å². The molecular formula is C17H16Cl2N4O2S. The lowest BCUT2D eigenvalue weighted by atomic mass is 10.1. The fourth-order valence-corrected chi connectivity index (χ4v) is 5.63. The minimum Gasteiger partial charge on any atom is -0.330 e. The van der Waals surface area contributed by atoms with E-state index in [9.17, 15) is 8.42 Å². The van der Waals surface area contributed by atoms with Crippen molar-refractivity contribution in [3.05, 3.63) is 52.5 Å². The predicted octanol–water partition coefficient (Wildman–Crippen LogP) is 3.45. The van der Waals surface area contributed by atoms with Gasteiger partial charge in [0.05, 0.1) is 22.1 Å². The Morgan fingerprint density at radius 2 is 1.92 bits per heavy atom. The number of halogens is 2. The van der Waals surface area contributed by atoms with Gasteiger partial charge in [-0.25, -0.2) is 13.4 Å². The van der Waals surface area contributed by atoms with Gasteiger partial charge in [0.1, 0.15) is 5.82 Å². The van der Waals surface area contributed by atoms with Crippen LogP contribution in [0.1, 0.15) is 18.2 Å². The Morgan fingerprint density at radius 1 is 1.19 bits per heavy atom. The molecule has 26 heavy (non-hydrogen) atoms. The molecule has 2 aromatic heterocycles. The van der Waals surface area contributed by atoms with Gasteiger partial charge >= 0.3 is 0 Å². The van der Waals surface area contributed by atoms with Crippen LogP contribution in [0.5, 0.6) is 0 Å². The molecular weight excluding hydrogens is 395 g/mol. The van der Waals surface area contributed by atoms with Gasteiger partial charge in [-0.15, -0.1) is 0 Å². The molecule has 0 aliphatic carbocycles. The van der Waals surface area contributed by atoms with E-state index in [2.05, 4.69) is 9.97 Å². The lowest BCUT2D eigenvalue weighted by Gasteiger charge is -2.17. The van der Waals surface area contributed by atoms with E-state index in [4.69, 9.17) is 23.2 Å². The van der Waals surface area contributed by atoms with Crippen LogP contribution in [0.15, 0.2) is 41.6 Å². The minimum absolute atomic E-state index is 0.0248. The number of rotatable bonds is 3. The molecule has 0 radical (unpaired) electrons. The molecule has 0 amide bonds. The van der Waals surface area contributed by atoms with Crippen LogP contribution in [-0.2, 0) is 17.1 Å². The number of hydrogen-bond donors (Lipinski definition) is 0. The monoisotopic (exact) mass is 410 g/mol. The minimum atomic E-state index is -3.65. The lowest BCUT2D eigenvalue weighted by Crippen LogP contribution is -2.29. The van der Waals surface area contributed by atoms with Gasteiger partial charge in [0.15, 0.2) is 0 Å². The number of hydrogen-bond acceptors (Lipinski definition) is 4. The Labute approximate surface area is 161 Å². The summed E-state index contributed by atoms with van der Waals surface area (Å²) < 4.78 is 29.3. The molecule has 1 atom stereocenters. The van der Waals surface area contributed by atoms with Crippen LogP contribution in [0, 0.1) is 0 Å². The Morgan fingerprint density at radius 3 is 2.62 bits per heavy atom. The Hall–Kier alpha value is -1.67. The zero-order valence-corrected chi connectivity index (χ0v) is 16.3. The molecule has 0 spiro atoms. The third-order valence-corrected chi connectivity index (χ3v) is 6.99. The molecule has 1 aliphatic rings. The molecule has 1 saturated heterocycles. The number of pyridine rings is 1. The first-order valence-electron chi connectivity index (χ1n) is 8.09. The molecule has 136 valence electrons. The lowest BCUT2D eigenvalue weighted by molar-refractivity contribution is 0.470. The Bertz CT molecular complexity index is 1080. The van der Waals surface area contributed by atoms with Crippen LogP contribution in [0.3, 0.4) is 0 Å². The highest BCUT2D eigenvalue weighted by molar-refractivity contribution is 7.89. The average molecular weight is 411 g/mol. The molecule has 0 saturated carbocycles. The van der Waals surface area contributed by atoms with Gasteiger partial charge in [-0.1, -0.05) is 23.2 Å². The fourth-order valence-electron chi connectivity index (χ4n) is 3.40. The summed E-state index contributed by atoms with van der Waals surface area (Å²) in [6, 6.07) is 6.23. The third-order valence-electron chi connectivity index (χ3n) is 4.71. The number of aromatic nitrogens is 3. The maximum absolute atomic E-state index is 12.9. The third kappa shape index (κ3) is 2.99. The second-order valence-electron chi connectivity index (χ2n) is 6.35. The van der Waals surface area contributed by atoms with E-state index in [1.54, 1.807) is 12.4 Å². The summed E-state index contributed by atoms with van der Waals surface area (Å²) in [6.45, 7) is 0.801. The SMILES string of the molecule is Cn1c([C@H]2CCN(S(=O)(=O)c3cc(Cl)cc(Cl)c3)C2)nc2ccncc21. The van der Waals surface area contributed by atoms with Gasteiger partial charge in [-0.3, -0.25) is 4.98 Å². The highest BCUT2D eigenvalue weighted by Gasteiger charge is 2.35. The van der Waals surface area contributed by atoms with Crippen LogP contribution in [-0.4, -0.2) is 40.3 Å². The van der Waals surface area contributed by atoms with Crippen LogP contribution in [0.2, 0.25) is 10.0 Å². The number of aryl methyl sites for hydroxylation is 1. The summed E-state index contributed by atoms with van der Waals surface area (Å²) in [5.41, 5.74) is 1.80. The molecule has 1 aromatic carbocycles. The van der Waals surface area contributed by atoms with Crippen LogP contribution < -0.4 is 0 Å². The summed E-state index contributed by atoms with van der Waals surface area (Å²) in [5.74, 6) is 0.895. The molecule has 4 rings (SSSR count). The van der Waals surface area contributed by atoms with Crippen LogP contribution in [0.25, 0.3) is 11.0 Å². The summed E-state index contributed by atoms with van der Waals surface area (Å²) in [6.07, 6.45) is 4.18. The first-order chi connectivity index (χ1) is 12.4.